The Balaban J connectivity index is 0.00000364. The molecule has 0 aliphatic carbocycles. The SMILES string of the molecule is COC(=O)c1ccccc1S(=O)(=O)NC(=O)Nc1nc(C)nc(OC)n1.[AlH3]. The lowest BCUT2D eigenvalue weighted by molar-refractivity contribution is 0.0596. The van der Waals surface area contributed by atoms with Crippen LogP contribution < -0.4 is 14.8 Å². The Kier molecular flexibility index (Phi) is 7.65. The number of sulfonamides is 1. The Labute approximate surface area is 165 Å². The second-order valence-electron chi connectivity index (χ2n) is 4.74. The zero-order chi connectivity index (χ0) is 19.3. The molecule has 0 spiro atoms. The Hall–Kier alpha value is -2.75. The van der Waals surface area contributed by atoms with Crippen LogP contribution in [0.4, 0.5) is 10.7 Å². The number of urea groups is 1. The van der Waals surface area contributed by atoms with Gasteiger partial charge in [-0.1, -0.05) is 12.1 Å². The fraction of sp³-hybridized carbons (Fsp3) is 0.214. The van der Waals surface area contributed by atoms with Gasteiger partial charge in [0.15, 0.2) is 17.4 Å². The maximum absolute atomic E-state index is 12.4. The molecule has 0 bridgehead atoms. The average molecular weight is 411 g/mol. The summed E-state index contributed by atoms with van der Waals surface area (Å²) < 4.78 is 36.0. The van der Waals surface area contributed by atoms with E-state index in [1.807, 2.05) is 0 Å². The summed E-state index contributed by atoms with van der Waals surface area (Å²) in [4.78, 5) is 34.7. The van der Waals surface area contributed by atoms with Crippen LogP contribution in [0, 0.1) is 6.92 Å². The van der Waals surface area contributed by atoms with Gasteiger partial charge in [0, 0.05) is 0 Å². The molecule has 2 N–H and O–H groups in total. The predicted molar refractivity (Wildman–Crippen MR) is 98.2 cm³/mol. The Morgan fingerprint density at radius 1 is 1.07 bits per heavy atom. The lowest BCUT2D eigenvalue weighted by Gasteiger charge is -2.11. The van der Waals surface area contributed by atoms with Gasteiger partial charge in [-0.15, -0.1) is 0 Å². The molecular weight excluding hydrogens is 393 g/mol. The summed E-state index contributed by atoms with van der Waals surface area (Å²) in [7, 11) is -1.92. The molecular formula is C14H18AlN5O6S. The molecule has 1 heterocycles. The highest BCUT2D eigenvalue weighted by molar-refractivity contribution is 7.90. The number of benzene rings is 1. The summed E-state index contributed by atoms with van der Waals surface area (Å²) in [5, 5.41) is 2.16. The number of nitrogens with zero attached hydrogens (tertiary/aromatic N) is 3. The summed E-state index contributed by atoms with van der Waals surface area (Å²) in [6, 6.07) is 4.12. The van der Waals surface area contributed by atoms with Crippen molar-refractivity contribution in [1.82, 2.24) is 19.7 Å². The molecule has 0 aliphatic rings. The van der Waals surface area contributed by atoms with Crippen molar-refractivity contribution in [3.8, 4) is 6.01 Å². The molecule has 27 heavy (non-hydrogen) atoms. The van der Waals surface area contributed by atoms with Crippen LogP contribution in [-0.2, 0) is 14.8 Å². The topological polar surface area (TPSA) is 149 Å². The zero-order valence-electron chi connectivity index (χ0n) is 14.0. The van der Waals surface area contributed by atoms with Gasteiger partial charge in [-0.05, 0) is 19.1 Å². The molecule has 0 unspecified atom stereocenters. The normalized spacial score (nSPS) is 10.3. The molecule has 2 aromatic rings. The van der Waals surface area contributed by atoms with Gasteiger partial charge in [-0.2, -0.15) is 15.0 Å². The summed E-state index contributed by atoms with van der Waals surface area (Å²) in [5.74, 6) is -0.807. The van der Waals surface area contributed by atoms with Gasteiger partial charge in [0.2, 0.25) is 5.95 Å². The number of esters is 1. The number of aryl methyl sites for hydroxylation is 1. The van der Waals surface area contributed by atoms with Crippen molar-refractivity contribution >= 4 is 45.3 Å². The fourth-order valence-corrected chi connectivity index (χ4v) is 2.99. The van der Waals surface area contributed by atoms with E-state index < -0.39 is 26.9 Å². The maximum Gasteiger partial charge on any atom is 0.339 e. The molecule has 1 aromatic carbocycles. The van der Waals surface area contributed by atoms with Gasteiger partial charge in [0.25, 0.3) is 10.0 Å². The number of carbonyl (C=O) groups is 2. The quantitative estimate of drug-likeness (QED) is 0.481. The van der Waals surface area contributed by atoms with E-state index in [4.69, 9.17) is 4.74 Å². The van der Waals surface area contributed by atoms with E-state index in [-0.39, 0.29) is 40.7 Å². The number of nitrogens with one attached hydrogen (secondary N) is 2. The minimum absolute atomic E-state index is 0. The third kappa shape index (κ3) is 5.61. The van der Waals surface area contributed by atoms with Crippen molar-refractivity contribution < 1.29 is 27.5 Å². The number of amides is 2. The largest absolute Gasteiger partial charge is 0.467 e. The maximum atomic E-state index is 12.4. The van der Waals surface area contributed by atoms with Gasteiger partial charge < -0.3 is 9.47 Å². The summed E-state index contributed by atoms with van der Waals surface area (Å²) in [6.45, 7) is 1.54. The number of hydrogen-bond donors (Lipinski definition) is 2. The number of ether oxygens (including phenoxy) is 2. The Morgan fingerprint density at radius 2 is 1.74 bits per heavy atom. The van der Waals surface area contributed by atoms with E-state index in [2.05, 4.69) is 25.0 Å². The van der Waals surface area contributed by atoms with Crippen LogP contribution in [0.3, 0.4) is 0 Å². The van der Waals surface area contributed by atoms with Crippen LogP contribution in [0.2, 0.25) is 0 Å². The molecule has 0 aliphatic heterocycles. The van der Waals surface area contributed by atoms with Crippen molar-refractivity contribution in [2.24, 2.45) is 0 Å². The molecule has 13 heteroatoms. The van der Waals surface area contributed by atoms with Gasteiger partial charge >= 0.3 is 18.0 Å². The van der Waals surface area contributed by atoms with Gasteiger partial charge in [-0.25, -0.2) is 22.7 Å². The molecule has 2 amide bonds. The molecule has 2 rings (SSSR count). The lowest BCUT2D eigenvalue weighted by Crippen LogP contribution is -2.35. The first kappa shape index (κ1) is 22.3. The van der Waals surface area contributed by atoms with Crippen LogP contribution in [0.15, 0.2) is 29.2 Å². The molecule has 0 atom stereocenters. The molecule has 1 aromatic heterocycles. The van der Waals surface area contributed by atoms with Crippen LogP contribution in [0.1, 0.15) is 16.2 Å². The highest BCUT2D eigenvalue weighted by Gasteiger charge is 2.25. The molecule has 0 radical (unpaired) electrons. The zero-order valence-corrected chi connectivity index (χ0v) is 14.8. The monoisotopic (exact) mass is 411 g/mol. The third-order valence-electron chi connectivity index (χ3n) is 2.94. The summed E-state index contributed by atoms with van der Waals surface area (Å²) in [6.07, 6.45) is 0. The highest BCUT2D eigenvalue weighted by Crippen LogP contribution is 2.16. The van der Waals surface area contributed by atoms with Crippen molar-refractivity contribution in [3.63, 3.8) is 0 Å². The van der Waals surface area contributed by atoms with E-state index >= 15 is 0 Å². The number of aromatic nitrogens is 3. The smallest absolute Gasteiger partial charge is 0.339 e. The first-order chi connectivity index (χ1) is 12.3. The van der Waals surface area contributed by atoms with Crippen LogP contribution in [0.5, 0.6) is 6.01 Å². The lowest BCUT2D eigenvalue weighted by atomic mass is 10.2. The van der Waals surface area contributed by atoms with Crippen molar-refractivity contribution in [3.05, 3.63) is 35.7 Å². The van der Waals surface area contributed by atoms with Crippen LogP contribution in [0.25, 0.3) is 0 Å². The predicted octanol–water partition coefficient (Wildman–Crippen LogP) is -0.698. The van der Waals surface area contributed by atoms with E-state index in [9.17, 15) is 18.0 Å². The number of rotatable bonds is 5. The number of hydrogen-bond acceptors (Lipinski definition) is 9. The fourth-order valence-electron chi connectivity index (χ4n) is 1.89. The number of carbonyl (C=O) groups excluding carboxylic acids is 2. The van der Waals surface area contributed by atoms with Crippen molar-refractivity contribution in [2.75, 3.05) is 19.5 Å². The molecule has 0 fully saturated rings. The number of anilines is 1. The third-order valence-corrected chi connectivity index (χ3v) is 4.33. The van der Waals surface area contributed by atoms with Gasteiger partial charge in [0.05, 0.1) is 19.8 Å². The summed E-state index contributed by atoms with van der Waals surface area (Å²) >= 11 is 0. The van der Waals surface area contributed by atoms with Gasteiger partial charge in [-0.3, -0.25) is 5.32 Å². The Bertz CT molecular complexity index is 953. The van der Waals surface area contributed by atoms with Crippen molar-refractivity contribution in [2.45, 2.75) is 11.8 Å². The number of methoxy groups -OCH3 is 2. The van der Waals surface area contributed by atoms with E-state index in [0.717, 1.165) is 13.2 Å². The van der Waals surface area contributed by atoms with E-state index in [1.165, 1.54) is 32.2 Å². The minimum atomic E-state index is -4.36. The Morgan fingerprint density at radius 3 is 2.37 bits per heavy atom. The minimum Gasteiger partial charge on any atom is -0.467 e. The van der Waals surface area contributed by atoms with Crippen LogP contribution in [-0.4, -0.2) is 67.0 Å². The van der Waals surface area contributed by atoms with Crippen LogP contribution >= 0.6 is 0 Å². The second-order valence-corrected chi connectivity index (χ2v) is 6.39. The molecule has 0 saturated carbocycles. The van der Waals surface area contributed by atoms with E-state index in [1.54, 1.807) is 4.72 Å². The van der Waals surface area contributed by atoms with E-state index in [0.29, 0.717) is 0 Å². The molecule has 144 valence electrons. The highest BCUT2D eigenvalue weighted by atomic mass is 32.2. The standard InChI is InChI=1S/C14H15N5O6S.Al.3H/c1-8-15-12(18-14(16-8)25-3)17-13(21)19-26(22,23)10-7-5-4-6-9(10)11(20)24-2;;;;/h4-7H,1-3H3,(H2,15,16,17,18,19,21);;;;. The molecule has 11 nitrogen and oxygen atoms in total. The second kappa shape index (κ2) is 9.27. The summed E-state index contributed by atoms with van der Waals surface area (Å²) in [5.41, 5.74) is -0.215. The van der Waals surface area contributed by atoms with Gasteiger partial charge in [0.1, 0.15) is 10.7 Å². The first-order valence-corrected chi connectivity index (χ1v) is 8.53. The molecule has 0 saturated heterocycles. The average Bonchev–Trinajstić information content (AvgIpc) is 2.59. The van der Waals surface area contributed by atoms with Crippen molar-refractivity contribution in [1.29, 1.82) is 0 Å². The first-order valence-electron chi connectivity index (χ1n) is 7.04.